The molecular weight excluding hydrogens is 408 g/mol. The first kappa shape index (κ1) is 29.3. The van der Waals surface area contributed by atoms with Gasteiger partial charge in [0.1, 0.15) is 5.75 Å². The number of carboxylic acids is 1. The summed E-state index contributed by atoms with van der Waals surface area (Å²) in [5.74, 6) is 0.287. The third kappa shape index (κ3) is 17.4. The molecule has 0 aliphatic heterocycles. The lowest BCUT2D eigenvalue weighted by molar-refractivity contribution is -0.137. The second kappa shape index (κ2) is 20.8. The molecule has 0 bridgehead atoms. The Kier molecular flexibility index (Phi) is 18.5. The zero-order valence-electron chi connectivity index (χ0n) is 21.4. The van der Waals surface area contributed by atoms with Gasteiger partial charge in [0.2, 0.25) is 0 Å². The van der Waals surface area contributed by atoms with Crippen molar-refractivity contribution in [2.24, 2.45) is 0 Å². The minimum Gasteiger partial charge on any atom is -0.490 e. The molecule has 33 heavy (non-hydrogen) atoms. The van der Waals surface area contributed by atoms with Crippen molar-refractivity contribution in [2.75, 3.05) is 0 Å². The van der Waals surface area contributed by atoms with E-state index in [1.54, 1.807) is 0 Å². The van der Waals surface area contributed by atoms with E-state index in [0.29, 0.717) is 12.5 Å². The molecule has 0 saturated heterocycles. The van der Waals surface area contributed by atoms with Gasteiger partial charge in [-0.15, -0.1) is 0 Å². The summed E-state index contributed by atoms with van der Waals surface area (Å²) in [6.07, 6.45) is 24.9. The lowest BCUT2D eigenvalue weighted by Gasteiger charge is -2.19. The van der Waals surface area contributed by atoms with E-state index in [-0.39, 0.29) is 0 Å². The Morgan fingerprint density at radius 3 is 1.70 bits per heavy atom. The van der Waals surface area contributed by atoms with Crippen LogP contribution < -0.4 is 4.74 Å². The minimum absolute atomic E-state index is 0.292. The molecule has 0 saturated carbocycles. The number of aliphatic carboxylic acids is 1. The lowest BCUT2D eigenvalue weighted by atomic mass is 10.0. The quantitative estimate of drug-likeness (QED) is 0.166. The maximum Gasteiger partial charge on any atom is 0.303 e. The second-order valence-electron chi connectivity index (χ2n) is 9.54. The van der Waals surface area contributed by atoms with Crippen molar-refractivity contribution in [1.29, 1.82) is 0 Å². The number of hydrogen-bond donors (Lipinski definition) is 1. The standard InChI is InChI=1S/C30H50O3/c1-3-5-6-7-8-9-10-11-14-17-20-28(33-29-25-23-27(4-2)24-26-29)21-18-15-12-13-16-19-22-30(31)32/h4,23-26,28H,2-3,5-22H2,1H3,(H,31,32). The third-order valence-electron chi connectivity index (χ3n) is 6.46. The van der Waals surface area contributed by atoms with Crippen molar-refractivity contribution in [3.8, 4) is 5.75 Å². The minimum atomic E-state index is -0.678. The molecule has 188 valence electrons. The van der Waals surface area contributed by atoms with Crippen LogP contribution in [0.4, 0.5) is 0 Å². The van der Waals surface area contributed by atoms with Crippen molar-refractivity contribution < 1.29 is 14.6 Å². The van der Waals surface area contributed by atoms with Gasteiger partial charge in [-0.3, -0.25) is 4.79 Å². The average molecular weight is 459 g/mol. The molecule has 1 N–H and O–H groups in total. The summed E-state index contributed by atoms with van der Waals surface area (Å²) in [5.41, 5.74) is 1.12. The van der Waals surface area contributed by atoms with Gasteiger partial charge in [-0.05, 0) is 49.8 Å². The van der Waals surface area contributed by atoms with Gasteiger partial charge in [0, 0.05) is 6.42 Å². The lowest BCUT2D eigenvalue weighted by Crippen LogP contribution is -2.16. The number of carbonyl (C=O) groups is 1. The average Bonchev–Trinajstić information content (AvgIpc) is 2.82. The summed E-state index contributed by atoms with van der Waals surface area (Å²) in [7, 11) is 0. The number of hydrogen-bond acceptors (Lipinski definition) is 2. The van der Waals surface area contributed by atoms with Crippen molar-refractivity contribution >= 4 is 12.0 Å². The Morgan fingerprint density at radius 2 is 1.24 bits per heavy atom. The maximum atomic E-state index is 10.6. The van der Waals surface area contributed by atoms with Crippen molar-refractivity contribution in [3.05, 3.63) is 36.4 Å². The zero-order chi connectivity index (χ0) is 24.0. The van der Waals surface area contributed by atoms with E-state index in [1.807, 2.05) is 6.08 Å². The number of carboxylic acid groups (broad SMARTS) is 1. The third-order valence-corrected chi connectivity index (χ3v) is 6.46. The summed E-state index contributed by atoms with van der Waals surface area (Å²) in [4.78, 5) is 10.6. The van der Waals surface area contributed by atoms with Gasteiger partial charge in [-0.1, -0.05) is 115 Å². The van der Waals surface area contributed by atoms with Gasteiger partial charge in [-0.2, -0.15) is 0 Å². The summed E-state index contributed by atoms with van der Waals surface area (Å²) in [5, 5.41) is 8.72. The Hall–Kier alpha value is -1.77. The number of unbranched alkanes of at least 4 members (excludes halogenated alkanes) is 14. The molecule has 0 aliphatic carbocycles. The van der Waals surface area contributed by atoms with Crippen LogP contribution in [0.15, 0.2) is 30.8 Å². The molecule has 1 aromatic rings. The van der Waals surface area contributed by atoms with E-state index in [0.717, 1.165) is 43.4 Å². The zero-order valence-corrected chi connectivity index (χ0v) is 21.4. The molecular formula is C30H50O3. The molecule has 0 fully saturated rings. The molecule has 0 aromatic heterocycles. The van der Waals surface area contributed by atoms with Gasteiger partial charge < -0.3 is 9.84 Å². The normalized spacial score (nSPS) is 11.9. The fourth-order valence-corrected chi connectivity index (χ4v) is 4.35. The van der Waals surface area contributed by atoms with E-state index in [1.165, 1.54) is 83.5 Å². The Bertz CT molecular complexity index is 593. The SMILES string of the molecule is C=Cc1ccc(OC(CCCCCCCCCCCC)CCCCCCCCC(=O)O)cc1. The van der Waals surface area contributed by atoms with Crippen molar-refractivity contribution in [2.45, 2.75) is 135 Å². The molecule has 0 aliphatic rings. The molecule has 1 atom stereocenters. The largest absolute Gasteiger partial charge is 0.490 e. The highest BCUT2D eigenvalue weighted by Gasteiger charge is 2.11. The van der Waals surface area contributed by atoms with Crippen LogP contribution in [0.3, 0.4) is 0 Å². The maximum absolute atomic E-state index is 10.6. The fourth-order valence-electron chi connectivity index (χ4n) is 4.35. The van der Waals surface area contributed by atoms with Gasteiger partial charge in [0.05, 0.1) is 6.10 Å². The van der Waals surface area contributed by atoms with Crippen LogP contribution in [0.1, 0.15) is 134 Å². The molecule has 0 amide bonds. The molecule has 1 rings (SSSR count). The highest BCUT2D eigenvalue weighted by Crippen LogP contribution is 2.21. The van der Waals surface area contributed by atoms with Crippen LogP contribution in [0.25, 0.3) is 6.08 Å². The Balaban J connectivity index is 2.25. The summed E-state index contributed by atoms with van der Waals surface area (Å²) in [6, 6.07) is 8.25. The highest BCUT2D eigenvalue weighted by molar-refractivity contribution is 5.66. The van der Waals surface area contributed by atoms with E-state index in [4.69, 9.17) is 9.84 Å². The molecule has 0 spiro atoms. The van der Waals surface area contributed by atoms with Crippen LogP contribution in [0.5, 0.6) is 5.75 Å². The molecule has 1 unspecified atom stereocenters. The fraction of sp³-hybridized carbons (Fsp3) is 0.700. The first-order valence-corrected chi connectivity index (χ1v) is 13.8. The summed E-state index contributed by atoms with van der Waals surface area (Å²) < 4.78 is 6.37. The van der Waals surface area contributed by atoms with Crippen molar-refractivity contribution in [3.63, 3.8) is 0 Å². The summed E-state index contributed by atoms with van der Waals surface area (Å²) >= 11 is 0. The van der Waals surface area contributed by atoms with E-state index in [9.17, 15) is 4.79 Å². The Labute approximate surface area is 204 Å². The van der Waals surface area contributed by atoms with Gasteiger partial charge in [0.25, 0.3) is 0 Å². The molecule has 3 nitrogen and oxygen atoms in total. The number of ether oxygens (including phenoxy) is 1. The van der Waals surface area contributed by atoms with Crippen LogP contribution >= 0.6 is 0 Å². The smallest absolute Gasteiger partial charge is 0.303 e. The van der Waals surface area contributed by atoms with E-state index >= 15 is 0 Å². The predicted molar refractivity (Wildman–Crippen MR) is 142 cm³/mol. The van der Waals surface area contributed by atoms with Crippen LogP contribution in [0, 0.1) is 0 Å². The topological polar surface area (TPSA) is 46.5 Å². The van der Waals surface area contributed by atoms with Gasteiger partial charge >= 0.3 is 5.97 Å². The van der Waals surface area contributed by atoms with E-state index in [2.05, 4.69) is 37.8 Å². The molecule has 0 radical (unpaired) electrons. The highest BCUT2D eigenvalue weighted by atomic mass is 16.5. The van der Waals surface area contributed by atoms with Crippen LogP contribution in [0.2, 0.25) is 0 Å². The predicted octanol–water partition coefficient (Wildman–Crippen LogP) is 9.59. The van der Waals surface area contributed by atoms with Gasteiger partial charge in [0.15, 0.2) is 0 Å². The van der Waals surface area contributed by atoms with Gasteiger partial charge in [-0.25, -0.2) is 0 Å². The number of rotatable bonds is 23. The van der Waals surface area contributed by atoms with Crippen molar-refractivity contribution in [1.82, 2.24) is 0 Å². The summed E-state index contributed by atoms with van der Waals surface area (Å²) in [6.45, 7) is 6.10. The second-order valence-corrected chi connectivity index (χ2v) is 9.54. The van der Waals surface area contributed by atoms with Crippen LogP contribution in [-0.4, -0.2) is 17.2 Å². The first-order chi connectivity index (χ1) is 16.2. The van der Waals surface area contributed by atoms with Crippen LogP contribution in [-0.2, 0) is 4.79 Å². The molecule has 3 heteroatoms. The Morgan fingerprint density at radius 1 is 0.788 bits per heavy atom. The molecule has 0 heterocycles. The monoisotopic (exact) mass is 458 g/mol. The first-order valence-electron chi connectivity index (χ1n) is 13.8. The molecule has 1 aromatic carbocycles. The number of benzene rings is 1. The van der Waals surface area contributed by atoms with E-state index < -0.39 is 5.97 Å².